The minimum Gasteiger partial charge on any atom is -0.490 e. The molecule has 204 valence electrons. The first-order valence-electron chi connectivity index (χ1n) is 13.4. The van der Waals surface area contributed by atoms with E-state index in [1.165, 1.54) is 6.07 Å². The second kappa shape index (κ2) is 8.99. The average Bonchev–Trinajstić information content (AvgIpc) is 3.27. The number of benzene rings is 1. The van der Waals surface area contributed by atoms with Crippen LogP contribution in [-0.2, 0) is 39.4 Å². The summed E-state index contributed by atoms with van der Waals surface area (Å²) in [4.78, 5) is 31.5. The fourth-order valence-corrected chi connectivity index (χ4v) is 6.29. The minimum absolute atomic E-state index is 0.0251. The van der Waals surface area contributed by atoms with Crippen LogP contribution >= 0.6 is 0 Å². The number of aromatic nitrogens is 2. The lowest BCUT2D eigenvalue weighted by Gasteiger charge is -2.35. The third-order valence-electron chi connectivity index (χ3n) is 8.43. The Kier molecular flexibility index (Phi) is 5.93. The summed E-state index contributed by atoms with van der Waals surface area (Å²) >= 11 is 0. The molecule has 0 fully saturated rings. The average molecular weight is 534 g/mol. The van der Waals surface area contributed by atoms with Crippen LogP contribution in [0.25, 0.3) is 22.3 Å². The Morgan fingerprint density at radius 1 is 1.36 bits per heavy atom. The van der Waals surface area contributed by atoms with E-state index in [1.54, 1.807) is 24.5 Å². The summed E-state index contributed by atoms with van der Waals surface area (Å²) in [6.07, 6.45) is 1.37. The Labute approximate surface area is 225 Å². The number of halogens is 1. The lowest BCUT2D eigenvalue weighted by molar-refractivity contribution is -0.127. The molecule has 2 atom stereocenters. The van der Waals surface area contributed by atoms with Crippen molar-refractivity contribution >= 4 is 16.8 Å². The predicted molar refractivity (Wildman–Crippen MR) is 144 cm³/mol. The van der Waals surface area contributed by atoms with Gasteiger partial charge in [-0.15, -0.1) is 0 Å². The van der Waals surface area contributed by atoms with Gasteiger partial charge in [0, 0.05) is 22.6 Å². The second-order valence-electron chi connectivity index (χ2n) is 11.0. The number of pyridine rings is 2. The zero-order valence-electron chi connectivity index (χ0n) is 22.6. The van der Waals surface area contributed by atoms with E-state index >= 15 is 4.39 Å². The second-order valence-corrected chi connectivity index (χ2v) is 11.0. The summed E-state index contributed by atoms with van der Waals surface area (Å²) in [7, 11) is 0. The van der Waals surface area contributed by atoms with Crippen molar-refractivity contribution in [3.05, 3.63) is 74.0 Å². The number of rotatable bonds is 5. The van der Waals surface area contributed by atoms with Gasteiger partial charge in [-0.1, -0.05) is 13.5 Å². The summed E-state index contributed by atoms with van der Waals surface area (Å²) in [6.45, 7) is 11.4. The molecule has 0 unspecified atom stereocenters. The maximum absolute atomic E-state index is 15.0. The van der Waals surface area contributed by atoms with Gasteiger partial charge < -0.3 is 24.5 Å². The highest BCUT2D eigenvalue weighted by atomic mass is 19.1. The van der Waals surface area contributed by atoms with Crippen LogP contribution in [0.5, 0.6) is 0 Å². The van der Waals surface area contributed by atoms with Gasteiger partial charge >= 0.3 is 0 Å². The summed E-state index contributed by atoms with van der Waals surface area (Å²) in [5.41, 5.74) is 3.82. The van der Waals surface area contributed by atoms with E-state index in [0.29, 0.717) is 46.4 Å². The summed E-state index contributed by atoms with van der Waals surface area (Å²) in [6, 6.07) is 2.88. The molecule has 2 N–H and O–H groups in total. The quantitative estimate of drug-likeness (QED) is 0.402. The molecule has 1 amide bonds. The standard InChI is InChI=1S/C30H32FN3O5/c1-6-30(37)16(5)39-12-19-20(30)9-24-28-18(11-34(24)29(19)36)27-22(32-25(35)13-38-14(2)3)8-7-17-15(4)21(31)10-23(33-28)26(17)27/h9-10,14,22,37H,5-8,11-13H2,1-4H3,(H,32,35)/t22-,30+/m0/s1. The number of hydrogen-bond donors (Lipinski definition) is 2. The van der Waals surface area contributed by atoms with Gasteiger partial charge in [0.1, 0.15) is 30.4 Å². The number of nitrogens with zero attached hydrogens (tertiary/aromatic N) is 2. The molecule has 39 heavy (non-hydrogen) atoms. The molecule has 0 saturated carbocycles. The van der Waals surface area contributed by atoms with Crippen LogP contribution in [0.1, 0.15) is 73.0 Å². The van der Waals surface area contributed by atoms with Gasteiger partial charge in [-0.2, -0.15) is 0 Å². The van der Waals surface area contributed by atoms with Gasteiger partial charge in [0.25, 0.3) is 5.56 Å². The number of carbonyl (C=O) groups excluding carboxylic acids is 1. The Morgan fingerprint density at radius 3 is 2.85 bits per heavy atom. The van der Waals surface area contributed by atoms with Crippen LogP contribution in [0.3, 0.4) is 0 Å². The lowest BCUT2D eigenvalue weighted by atomic mass is 9.81. The van der Waals surface area contributed by atoms with Gasteiger partial charge in [0.15, 0.2) is 0 Å². The molecule has 1 aliphatic carbocycles. The van der Waals surface area contributed by atoms with Gasteiger partial charge in [-0.3, -0.25) is 9.59 Å². The summed E-state index contributed by atoms with van der Waals surface area (Å²) in [5, 5.41) is 15.4. The van der Waals surface area contributed by atoms with Gasteiger partial charge in [-0.05, 0) is 62.8 Å². The molecule has 1 aromatic carbocycles. The third-order valence-corrected chi connectivity index (χ3v) is 8.43. The SMILES string of the molecule is C=C1OCc2c(cc3n(c2=O)Cc2c-3nc3cc(F)c(C)c4c3c2[C@@H](NC(=O)COC(C)C)CC4)[C@@]1(O)CC. The van der Waals surface area contributed by atoms with E-state index in [2.05, 4.69) is 11.9 Å². The van der Waals surface area contributed by atoms with Crippen LogP contribution in [0.15, 0.2) is 29.3 Å². The van der Waals surface area contributed by atoms with Crippen molar-refractivity contribution in [1.29, 1.82) is 0 Å². The first-order valence-corrected chi connectivity index (χ1v) is 13.4. The zero-order chi connectivity index (χ0) is 27.8. The third kappa shape index (κ3) is 3.74. The number of carbonyl (C=O) groups is 1. The molecule has 6 rings (SSSR count). The summed E-state index contributed by atoms with van der Waals surface area (Å²) < 4.78 is 27.8. The van der Waals surface area contributed by atoms with Crippen molar-refractivity contribution in [3.8, 4) is 11.4 Å². The van der Waals surface area contributed by atoms with Crippen molar-refractivity contribution in [2.75, 3.05) is 6.61 Å². The van der Waals surface area contributed by atoms with E-state index in [9.17, 15) is 14.7 Å². The molecule has 8 nitrogen and oxygen atoms in total. The van der Waals surface area contributed by atoms with E-state index in [0.717, 1.165) is 22.1 Å². The number of aryl methyl sites for hydroxylation is 1. The molecule has 4 heterocycles. The van der Waals surface area contributed by atoms with Crippen molar-refractivity contribution in [2.45, 2.75) is 77.9 Å². The van der Waals surface area contributed by atoms with Crippen LogP contribution in [-0.4, -0.2) is 33.3 Å². The van der Waals surface area contributed by atoms with Gasteiger partial charge in [0.05, 0.1) is 41.2 Å². The Balaban J connectivity index is 1.57. The van der Waals surface area contributed by atoms with Crippen molar-refractivity contribution in [1.82, 2.24) is 14.9 Å². The summed E-state index contributed by atoms with van der Waals surface area (Å²) in [5.74, 6) is -0.366. The minimum atomic E-state index is -1.50. The molecule has 0 bridgehead atoms. The molecular formula is C30H32FN3O5. The zero-order valence-corrected chi connectivity index (χ0v) is 22.6. The Bertz CT molecular complexity index is 1640. The molecule has 3 aliphatic rings. The lowest BCUT2D eigenvalue weighted by Crippen LogP contribution is -2.38. The molecule has 2 aromatic heterocycles. The van der Waals surface area contributed by atoms with Gasteiger partial charge in [-0.25, -0.2) is 9.37 Å². The number of fused-ring (bicyclic) bond motifs is 5. The van der Waals surface area contributed by atoms with Crippen LogP contribution in [0.4, 0.5) is 4.39 Å². The topological polar surface area (TPSA) is 103 Å². The Morgan fingerprint density at radius 2 is 2.13 bits per heavy atom. The van der Waals surface area contributed by atoms with Crippen LogP contribution < -0.4 is 10.9 Å². The molecule has 9 heteroatoms. The molecule has 2 aliphatic heterocycles. The van der Waals surface area contributed by atoms with Crippen molar-refractivity contribution < 1.29 is 23.8 Å². The first-order chi connectivity index (χ1) is 18.5. The van der Waals surface area contributed by atoms with E-state index < -0.39 is 5.60 Å². The molecular weight excluding hydrogens is 501 g/mol. The largest absolute Gasteiger partial charge is 0.490 e. The number of nitrogens with one attached hydrogen (secondary N) is 1. The number of hydrogen-bond acceptors (Lipinski definition) is 6. The fourth-order valence-electron chi connectivity index (χ4n) is 6.29. The first kappa shape index (κ1) is 25.7. The van der Waals surface area contributed by atoms with E-state index in [4.69, 9.17) is 14.5 Å². The van der Waals surface area contributed by atoms with Crippen molar-refractivity contribution in [2.24, 2.45) is 0 Å². The fraction of sp³-hybridized carbons (Fsp3) is 0.433. The van der Waals surface area contributed by atoms with Crippen LogP contribution in [0, 0.1) is 12.7 Å². The van der Waals surface area contributed by atoms with Crippen LogP contribution in [0.2, 0.25) is 0 Å². The number of ether oxygens (including phenoxy) is 2. The maximum Gasteiger partial charge on any atom is 0.258 e. The predicted octanol–water partition coefficient (Wildman–Crippen LogP) is 4.04. The molecule has 0 spiro atoms. The van der Waals surface area contributed by atoms with Gasteiger partial charge in [0.2, 0.25) is 5.91 Å². The molecule has 0 saturated heterocycles. The molecule has 3 aromatic rings. The Hall–Kier alpha value is -3.56. The highest BCUT2D eigenvalue weighted by Gasteiger charge is 2.42. The van der Waals surface area contributed by atoms with Crippen molar-refractivity contribution in [3.63, 3.8) is 0 Å². The normalized spacial score (nSPS) is 21.0. The molecule has 0 radical (unpaired) electrons. The number of amides is 1. The maximum atomic E-state index is 15.0. The van der Waals surface area contributed by atoms with E-state index in [-0.39, 0.29) is 61.4 Å². The smallest absolute Gasteiger partial charge is 0.258 e. The number of aliphatic hydroxyl groups is 1. The van der Waals surface area contributed by atoms with E-state index in [1.807, 2.05) is 13.8 Å². The highest BCUT2D eigenvalue weighted by molar-refractivity contribution is 5.93. The highest BCUT2D eigenvalue weighted by Crippen LogP contribution is 2.46. The monoisotopic (exact) mass is 533 g/mol.